The molecule has 1 aliphatic rings. The summed E-state index contributed by atoms with van der Waals surface area (Å²) in [5, 5.41) is 14.7. The first-order valence-corrected chi connectivity index (χ1v) is 10.2. The standard InChI is InChI=1S/C18H15N5OS2/c24-15(9-25-18-22-19-10-23(18)12-6-7-12)20-17-21-16-13-4-2-1-3-11(13)5-8-14(16)26-17/h1-5,8,10,12H,6-7,9H2,(H,20,21,24). The van der Waals surface area contributed by atoms with E-state index in [0.717, 1.165) is 39.0 Å². The van der Waals surface area contributed by atoms with E-state index in [0.29, 0.717) is 16.9 Å². The quantitative estimate of drug-likeness (QED) is 0.527. The van der Waals surface area contributed by atoms with Crippen LogP contribution in [0.3, 0.4) is 0 Å². The van der Waals surface area contributed by atoms with Gasteiger partial charge in [-0.15, -0.1) is 10.2 Å². The van der Waals surface area contributed by atoms with Crippen molar-refractivity contribution >= 4 is 55.1 Å². The van der Waals surface area contributed by atoms with Crippen LogP contribution in [0.2, 0.25) is 0 Å². The van der Waals surface area contributed by atoms with Gasteiger partial charge in [0.1, 0.15) is 6.33 Å². The highest BCUT2D eigenvalue weighted by Crippen LogP contribution is 2.37. The smallest absolute Gasteiger partial charge is 0.236 e. The molecule has 1 aliphatic carbocycles. The van der Waals surface area contributed by atoms with E-state index in [-0.39, 0.29) is 5.91 Å². The lowest BCUT2D eigenvalue weighted by atomic mass is 10.1. The van der Waals surface area contributed by atoms with Crippen LogP contribution in [-0.2, 0) is 4.79 Å². The highest BCUT2D eigenvalue weighted by Gasteiger charge is 2.26. The molecule has 26 heavy (non-hydrogen) atoms. The number of rotatable bonds is 5. The van der Waals surface area contributed by atoms with Gasteiger partial charge in [0.15, 0.2) is 10.3 Å². The van der Waals surface area contributed by atoms with Gasteiger partial charge in [0.25, 0.3) is 0 Å². The fourth-order valence-corrected chi connectivity index (χ4v) is 4.62. The minimum absolute atomic E-state index is 0.0799. The zero-order valence-corrected chi connectivity index (χ0v) is 15.4. The average molecular weight is 381 g/mol. The average Bonchev–Trinajstić information content (AvgIpc) is 3.24. The van der Waals surface area contributed by atoms with Crippen LogP contribution in [0.15, 0.2) is 47.9 Å². The molecule has 0 atom stereocenters. The monoisotopic (exact) mass is 381 g/mol. The lowest BCUT2D eigenvalue weighted by Gasteiger charge is -2.03. The molecule has 1 N–H and O–H groups in total. The lowest BCUT2D eigenvalue weighted by molar-refractivity contribution is -0.113. The number of anilines is 1. The van der Waals surface area contributed by atoms with Crippen LogP contribution >= 0.6 is 23.1 Å². The zero-order chi connectivity index (χ0) is 17.5. The maximum Gasteiger partial charge on any atom is 0.236 e. The molecule has 6 nitrogen and oxygen atoms in total. The van der Waals surface area contributed by atoms with Gasteiger partial charge in [-0.2, -0.15) is 0 Å². The Bertz CT molecular complexity index is 1120. The molecule has 130 valence electrons. The van der Waals surface area contributed by atoms with Crippen molar-refractivity contribution in [3.63, 3.8) is 0 Å². The molecule has 2 heterocycles. The Morgan fingerprint density at radius 3 is 3.04 bits per heavy atom. The highest BCUT2D eigenvalue weighted by molar-refractivity contribution is 7.99. The van der Waals surface area contributed by atoms with Gasteiger partial charge < -0.3 is 9.88 Å². The maximum absolute atomic E-state index is 12.3. The molecule has 0 radical (unpaired) electrons. The van der Waals surface area contributed by atoms with E-state index in [1.165, 1.54) is 23.1 Å². The first kappa shape index (κ1) is 15.8. The molecular formula is C18H15N5OS2. The van der Waals surface area contributed by atoms with Crippen LogP contribution in [0.5, 0.6) is 0 Å². The predicted octanol–water partition coefficient (Wildman–Crippen LogP) is 4.11. The number of aromatic nitrogens is 4. The largest absolute Gasteiger partial charge is 0.306 e. The fraction of sp³-hybridized carbons (Fsp3) is 0.222. The number of nitrogens with one attached hydrogen (secondary N) is 1. The van der Waals surface area contributed by atoms with E-state index in [2.05, 4.69) is 49.3 Å². The molecule has 1 amide bonds. The molecule has 2 aromatic heterocycles. The second-order valence-electron chi connectivity index (χ2n) is 6.24. The third-order valence-electron chi connectivity index (χ3n) is 4.34. The number of benzene rings is 2. The molecule has 0 aliphatic heterocycles. The van der Waals surface area contributed by atoms with Crippen molar-refractivity contribution in [2.24, 2.45) is 0 Å². The van der Waals surface area contributed by atoms with Crippen molar-refractivity contribution in [1.29, 1.82) is 0 Å². The fourth-order valence-electron chi connectivity index (χ4n) is 2.94. The number of hydrogen-bond acceptors (Lipinski definition) is 6. The Labute approximate surface area is 157 Å². The van der Waals surface area contributed by atoms with E-state index < -0.39 is 0 Å². The normalized spacial score (nSPS) is 14.2. The Morgan fingerprint density at radius 2 is 2.15 bits per heavy atom. The van der Waals surface area contributed by atoms with Crippen LogP contribution < -0.4 is 5.32 Å². The molecule has 2 aromatic carbocycles. The number of nitrogens with zero attached hydrogens (tertiary/aromatic N) is 4. The molecule has 8 heteroatoms. The second-order valence-corrected chi connectivity index (χ2v) is 8.21. The van der Waals surface area contributed by atoms with Gasteiger partial charge in [0, 0.05) is 11.4 Å². The Hall–Kier alpha value is -2.45. The van der Waals surface area contributed by atoms with Crippen molar-refractivity contribution < 1.29 is 4.79 Å². The predicted molar refractivity (Wildman–Crippen MR) is 105 cm³/mol. The zero-order valence-electron chi connectivity index (χ0n) is 13.8. The minimum Gasteiger partial charge on any atom is -0.306 e. The molecule has 1 saturated carbocycles. The van der Waals surface area contributed by atoms with Crippen LogP contribution in [0.1, 0.15) is 18.9 Å². The van der Waals surface area contributed by atoms with Gasteiger partial charge in [-0.3, -0.25) is 4.79 Å². The Balaban J connectivity index is 1.31. The van der Waals surface area contributed by atoms with Gasteiger partial charge in [-0.25, -0.2) is 4.98 Å². The Morgan fingerprint density at radius 1 is 1.27 bits per heavy atom. The number of hydrogen-bond donors (Lipinski definition) is 1. The third-order valence-corrected chi connectivity index (χ3v) is 6.24. The number of thiazole rings is 1. The molecule has 0 bridgehead atoms. The number of carbonyl (C=O) groups excluding carboxylic acids is 1. The van der Waals surface area contributed by atoms with Crippen LogP contribution in [0.4, 0.5) is 5.13 Å². The summed E-state index contributed by atoms with van der Waals surface area (Å²) in [6.07, 6.45) is 4.07. The van der Waals surface area contributed by atoms with Crippen LogP contribution in [-0.4, -0.2) is 31.4 Å². The van der Waals surface area contributed by atoms with Crippen LogP contribution in [0.25, 0.3) is 21.0 Å². The summed E-state index contributed by atoms with van der Waals surface area (Å²) in [5.41, 5.74) is 0.935. The Kier molecular flexibility index (Phi) is 3.86. The summed E-state index contributed by atoms with van der Waals surface area (Å²) < 4.78 is 3.13. The molecule has 1 fully saturated rings. The van der Waals surface area contributed by atoms with Gasteiger partial charge in [-0.05, 0) is 24.3 Å². The van der Waals surface area contributed by atoms with E-state index in [1.807, 2.05) is 12.1 Å². The molecular weight excluding hydrogens is 366 g/mol. The van der Waals surface area contributed by atoms with Crippen molar-refractivity contribution in [1.82, 2.24) is 19.7 Å². The first-order valence-electron chi connectivity index (χ1n) is 8.38. The SMILES string of the molecule is O=C(CSc1nncn1C1CC1)Nc1nc2c(ccc3ccccc32)s1. The second kappa shape index (κ2) is 6.37. The summed E-state index contributed by atoms with van der Waals surface area (Å²) >= 11 is 2.91. The van der Waals surface area contributed by atoms with E-state index in [9.17, 15) is 4.79 Å². The van der Waals surface area contributed by atoms with E-state index >= 15 is 0 Å². The van der Waals surface area contributed by atoms with Gasteiger partial charge in [-0.1, -0.05) is 53.4 Å². The minimum atomic E-state index is -0.0799. The number of fused-ring (bicyclic) bond motifs is 3. The highest BCUT2D eigenvalue weighted by atomic mass is 32.2. The van der Waals surface area contributed by atoms with E-state index in [4.69, 9.17) is 0 Å². The summed E-state index contributed by atoms with van der Waals surface area (Å²) in [4.78, 5) is 16.9. The summed E-state index contributed by atoms with van der Waals surface area (Å²) in [7, 11) is 0. The maximum atomic E-state index is 12.3. The molecule has 5 rings (SSSR count). The molecule has 0 saturated heterocycles. The van der Waals surface area contributed by atoms with Gasteiger partial charge in [0.2, 0.25) is 5.91 Å². The van der Waals surface area contributed by atoms with Crippen molar-refractivity contribution in [2.45, 2.75) is 24.0 Å². The first-order chi connectivity index (χ1) is 12.8. The lowest BCUT2D eigenvalue weighted by Crippen LogP contribution is -2.14. The summed E-state index contributed by atoms with van der Waals surface area (Å²) in [6.45, 7) is 0. The van der Waals surface area contributed by atoms with Crippen molar-refractivity contribution in [2.75, 3.05) is 11.1 Å². The molecule has 4 aromatic rings. The van der Waals surface area contributed by atoms with Gasteiger partial charge in [0.05, 0.1) is 16.0 Å². The van der Waals surface area contributed by atoms with E-state index in [1.54, 1.807) is 6.33 Å². The van der Waals surface area contributed by atoms with Gasteiger partial charge >= 0.3 is 0 Å². The molecule has 0 spiro atoms. The van der Waals surface area contributed by atoms with Crippen molar-refractivity contribution in [3.05, 3.63) is 42.7 Å². The summed E-state index contributed by atoms with van der Waals surface area (Å²) in [6, 6.07) is 12.8. The third kappa shape index (κ3) is 2.95. The number of carbonyl (C=O) groups is 1. The number of thioether (sulfide) groups is 1. The van der Waals surface area contributed by atoms with Crippen LogP contribution in [0, 0.1) is 0 Å². The number of amides is 1. The molecule has 0 unspecified atom stereocenters. The summed E-state index contributed by atoms with van der Waals surface area (Å²) in [5.74, 6) is 0.214. The van der Waals surface area contributed by atoms with Crippen molar-refractivity contribution in [3.8, 4) is 0 Å². The topological polar surface area (TPSA) is 72.7 Å².